The summed E-state index contributed by atoms with van der Waals surface area (Å²) in [6.07, 6.45) is 0. The largest absolute Gasteiger partial charge is 0.481 e. The summed E-state index contributed by atoms with van der Waals surface area (Å²) in [6, 6.07) is 0. The molecule has 0 bridgehead atoms. The summed E-state index contributed by atoms with van der Waals surface area (Å²) >= 11 is 0. The maximum Gasteiger partial charge on any atom is 0.272 e. The number of ether oxygens (including phenoxy) is 1. The summed E-state index contributed by atoms with van der Waals surface area (Å²) < 4.78 is 6.44. The van der Waals surface area contributed by atoms with E-state index in [1.807, 2.05) is 0 Å². The van der Waals surface area contributed by atoms with Gasteiger partial charge in [-0.2, -0.15) is 0 Å². The highest BCUT2D eigenvalue weighted by atomic mass is 16.5. The molecule has 0 radical (unpaired) electrons. The van der Waals surface area contributed by atoms with E-state index in [1.165, 1.54) is 11.8 Å². The Balaban J connectivity index is 3.29. The summed E-state index contributed by atoms with van der Waals surface area (Å²) in [5, 5.41) is 2.53. The lowest BCUT2D eigenvalue weighted by atomic mass is 10.3. The van der Waals surface area contributed by atoms with E-state index >= 15 is 0 Å². The minimum absolute atomic E-state index is 0.188. The van der Waals surface area contributed by atoms with E-state index < -0.39 is 0 Å². The molecular weight excluding hydrogens is 146 g/mol. The van der Waals surface area contributed by atoms with Gasteiger partial charge in [-0.1, -0.05) is 0 Å². The molecule has 62 valence electrons. The van der Waals surface area contributed by atoms with Gasteiger partial charge < -0.3 is 10.5 Å². The van der Waals surface area contributed by atoms with Gasteiger partial charge in [0.2, 0.25) is 5.88 Å². The van der Waals surface area contributed by atoms with Gasteiger partial charge in [0.25, 0.3) is 5.56 Å². The topological polar surface area (TPSA) is 73.0 Å². The summed E-state index contributed by atoms with van der Waals surface area (Å²) in [7, 11) is 3.20. The Morgan fingerprint density at radius 1 is 1.73 bits per heavy atom. The Morgan fingerprint density at radius 3 is 2.73 bits per heavy atom. The van der Waals surface area contributed by atoms with Crippen molar-refractivity contribution in [3.05, 3.63) is 15.9 Å². The molecule has 1 rings (SSSR count). The Kier molecular flexibility index (Phi) is 2.00. The van der Waals surface area contributed by atoms with Gasteiger partial charge in [-0.05, 0) is 0 Å². The fourth-order valence-electron chi connectivity index (χ4n) is 1.01. The van der Waals surface area contributed by atoms with Crippen LogP contribution >= 0.6 is 0 Å². The molecule has 1 heterocycles. The van der Waals surface area contributed by atoms with Crippen LogP contribution in [0.1, 0.15) is 5.56 Å². The molecule has 0 atom stereocenters. The van der Waals surface area contributed by atoms with E-state index in [1.54, 1.807) is 7.05 Å². The van der Waals surface area contributed by atoms with Crippen molar-refractivity contribution in [2.45, 2.75) is 6.54 Å². The smallest absolute Gasteiger partial charge is 0.272 e. The second-order valence-corrected chi connectivity index (χ2v) is 2.19. The van der Waals surface area contributed by atoms with Crippen LogP contribution in [0.4, 0.5) is 0 Å². The van der Waals surface area contributed by atoms with E-state index in [4.69, 9.17) is 10.5 Å². The van der Waals surface area contributed by atoms with Crippen molar-refractivity contribution in [3.63, 3.8) is 0 Å². The lowest BCUT2D eigenvalue weighted by molar-refractivity contribution is 0.369. The number of H-pyrrole nitrogens is 1. The van der Waals surface area contributed by atoms with Crippen molar-refractivity contribution in [2.75, 3.05) is 7.11 Å². The third-order valence-corrected chi connectivity index (χ3v) is 1.50. The molecule has 5 heteroatoms. The summed E-state index contributed by atoms with van der Waals surface area (Å²) in [5.74, 6) is 0.498. The zero-order chi connectivity index (χ0) is 8.43. The number of nitrogens with one attached hydrogen (secondary N) is 1. The number of aromatic nitrogens is 2. The van der Waals surface area contributed by atoms with Gasteiger partial charge in [0.05, 0.1) is 12.7 Å². The van der Waals surface area contributed by atoms with Crippen molar-refractivity contribution in [3.8, 4) is 5.88 Å². The van der Waals surface area contributed by atoms with E-state index in [0.29, 0.717) is 11.4 Å². The first-order valence-electron chi connectivity index (χ1n) is 3.22. The normalized spacial score (nSPS) is 10.1. The monoisotopic (exact) mass is 157 g/mol. The van der Waals surface area contributed by atoms with Crippen LogP contribution in [0.3, 0.4) is 0 Å². The number of methoxy groups -OCH3 is 1. The molecule has 0 spiro atoms. The van der Waals surface area contributed by atoms with Crippen molar-refractivity contribution in [2.24, 2.45) is 12.8 Å². The lowest BCUT2D eigenvalue weighted by Gasteiger charge is -2.00. The number of nitrogens with two attached hydrogens (primary N) is 1. The fraction of sp³-hybridized carbons (Fsp3) is 0.500. The van der Waals surface area contributed by atoms with E-state index in [-0.39, 0.29) is 12.1 Å². The highest BCUT2D eigenvalue weighted by Crippen LogP contribution is 2.10. The van der Waals surface area contributed by atoms with Crippen LogP contribution in [0, 0.1) is 0 Å². The minimum Gasteiger partial charge on any atom is -0.481 e. The molecule has 0 saturated heterocycles. The molecule has 0 aliphatic rings. The Hall–Kier alpha value is -1.23. The van der Waals surface area contributed by atoms with Crippen molar-refractivity contribution >= 4 is 0 Å². The molecule has 0 saturated carbocycles. The highest BCUT2D eigenvalue weighted by molar-refractivity contribution is 5.23. The van der Waals surface area contributed by atoms with Crippen molar-refractivity contribution in [1.82, 2.24) is 9.78 Å². The van der Waals surface area contributed by atoms with Crippen LogP contribution in [-0.4, -0.2) is 16.9 Å². The predicted octanol–water partition coefficient (Wildman–Crippen LogP) is -0.819. The molecule has 3 N–H and O–H groups in total. The second kappa shape index (κ2) is 2.79. The van der Waals surface area contributed by atoms with Gasteiger partial charge >= 0.3 is 0 Å². The number of hydrogen-bond donors (Lipinski definition) is 2. The average molecular weight is 157 g/mol. The SMILES string of the molecule is COc1c(CN)c(=O)[nH]n1C. The molecule has 0 aliphatic heterocycles. The van der Waals surface area contributed by atoms with E-state index in [9.17, 15) is 4.79 Å². The molecule has 5 nitrogen and oxygen atoms in total. The number of aromatic amines is 1. The molecule has 0 amide bonds. The predicted molar refractivity (Wildman–Crippen MR) is 40.5 cm³/mol. The van der Waals surface area contributed by atoms with Gasteiger partial charge in [-0.15, -0.1) is 0 Å². The van der Waals surface area contributed by atoms with Crippen molar-refractivity contribution in [1.29, 1.82) is 0 Å². The van der Waals surface area contributed by atoms with Gasteiger partial charge in [0.1, 0.15) is 0 Å². The average Bonchev–Trinajstić information content (AvgIpc) is 2.24. The molecule has 0 aliphatic carbocycles. The first-order valence-corrected chi connectivity index (χ1v) is 3.22. The third-order valence-electron chi connectivity index (χ3n) is 1.50. The summed E-state index contributed by atoms with van der Waals surface area (Å²) in [6.45, 7) is 0.194. The number of rotatable bonds is 2. The van der Waals surface area contributed by atoms with Crippen LogP contribution in [0.25, 0.3) is 0 Å². The van der Waals surface area contributed by atoms with Gasteiger partial charge in [-0.3, -0.25) is 14.6 Å². The fourth-order valence-corrected chi connectivity index (χ4v) is 1.01. The molecular formula is C6H11N3O2. The van der Waals surface area contributed by atoms with E-state index in [0.717, 1.165) is 0 Å². The lowest BCUT2D eigenvalue weighted by Crippen LogP contribution is -2.10. The van der Waals surface area contributed by atoms with E-state index in [2.05, 4.69) is 5.10 Å². The summed E-state index contributed by atoms with van der Waals surface area (Å²) in [4.78, 5) is 11.0. The van der Waals surface area contributed by atoms with Crippen LogP contribution < -0.4 is 16.0 Å². The third kappa shape index (κ3) is 1.14. The number of hydrogen-bond acceptors (Lipinski definition) is 3. The molecule has 0 unspecified atom stereocenters. The Bertz CT molecular complexity index is 299. The molecule has 11 heavy (non-hydrogen) atoms. The molecule has 0 fully saturated rings. The maximum atomic E-state index is 11.0. The van der Waals surface area contributed by atoms with Crippen LogP contribution in [0.2, 0.25) is 0 Å². The zero-order valence-corrected chi connectivity index (χ0v) is 6.55. The van der Waals surface area contributed by atoms with Gasteiger partial charge in [0, 0.05) is 13.6 Å². The Morgan fingerprint density at radius 2 is 2.36 bits per heavy atom. The first-order chi connectivity index (χ1) is 5.20. The van der Waals surface area contributed by atoms with Gasteiger partial charge in [-0.25, -0.2) is 0 Å². The first kappa shape index (κ1) is 7.87. The van der Waals surface area contributed by atoms with Gasteiger partial charge in [0.15, 0.2) is 0 Å². The van der Waals surface area contributed by atoms with Crippen LogP contribution in [0.5, 0.6) is 5.88 Å². The molecule has 1 aromatic rings. The minimum atomic E-state index is -0.188. The van der Waals surface area contributed by atoms with Crippen LogP contribution in [0.15, 0.2) is 4.79 Å². The summed E-state index contributed by atoms with van der Waals surface area (Å²) in [5.41, 5.74) is 5.62. The quantitative estimate of drug-likeness (QED) is 0.589. The molecule has 1 aromatic heterocycles. The maximum absolute atomic E-state index is 11.0. The van der Waals surface area contributed by atoms with Crippen LogP contribution in [-0.2, 0) is 13.6 Å². The molecule has 0 aromatic carbocycles. The standard InChI is InChI=1S/C6H11N3O2/c1-9-6(11-2)4(3-7)5(10)8-9/h3,7H2,1-2H3,(H,8,10). The van der Waals surface area contributed by atoms with Crippen molar-refractivity contribution < 1.29 is 4.74 Å². The highest BCUT2D eigenvalue weighted by Gasteiger charge is 2.10. The number of aryl methyl sites for hydroxylation is 1. The zero-order valence-electron chi connectivity index (χ0n) is 6.55. The Labute approximate surface area is 63.7 Å². The second-order valence-electron chi connectivity index (χ2n) is 2.19. The number of nitrogens with zero attached hydrogens (tertiary/aromatic N) is 1.